The van der Waals surface area contributed by atoms with Crippen LogP contribution in [0.3, 0.4) is 0 Å². The van der Waals surface area contributed by atoms with Gasteiger partial charge in [-0.3, -0.25) is 4.79 Å². The van der Waals surface area contributed by atoms with Crippen molar-refractivity contribution in [2.75, 3.05) is 19.0 Å². The van der Waals surface area contributed by atoms with E-state index in [4.69, 9.17) is 11.6 Å². The molecule has 2 nitrogen and oxygen atoms in total. The Labute approximate surface area is 114 Å². The summed E-state index contributed by atoms with van der Waals surface area (Å²) in [5.74, 6) is 1.55. The molecule has 1 saturated heterocycles. The average Bonchev–Trinajstić information content (AvgIpc) is 2.81. The molecule has 0 radical (unpaired) electrons. The van der Waals surface area contributed by atoms with E-state index in [1.54, 1.807) is 0 Å². The molecule has 1 aromatic rings. The van der Waals surface area contributed by atoms with Crippen molar-refractivity contribution in [3.05, 3.63) is 35.4 Å². The number of amides is 1. The molecule has 3 heteroatoms. The molecule has 0 N–H and O–H groups in total. The predicted molar refractivity (Wildman–Crippen MR) is 74.9 cm³/mol. The van der Waals surface area contributed by atoms with Crippen LogP contribution in [-0.2, 0) is 11.2 Å². The Kier molecular flexibility index (Phi) is 4.65. The molecule has 1 atom stereocenters. The zero-order valence-corrected chi connectivity index (χ0v) is 11.6. The molecular formula is C15H20ClNO. The molecule has 0 saturated carbocycles. The van der Waals surface area contributed by atoms with Gasteiger partial charge < -0.3 is 4.90 Å². The number of hydrogen-bond acceptors (Lipinski definition) is 1. The molecular weight excluding hydrogens is 246 g/mol. The third-order valence-electron chi connectivity index (χ3n) is 3.63. The van der Waals surface area contributed by atoms with Crippen molar-refractivity contribution >= 4 is 17.5 Å². The van der Waals surface area contributed by atoms with Gasteiger partial charge in [0, 0.05) is 19.0 Å². The van der Waals surface area contributed by atoms with E-state index in [0.717, 1.165) is 31.5 Å². The van der Waals surface area contributed by atoms with Gasteiger partial charge in [0.15, 0.2) is 0 Å². The Hall–Kier alpha value is -1.02. The van der Waals surface area contributed by atoms with Crippen LogP contribution in [0.25, 0.3) is 0 Å². The van der Waals surface area contributed by atoms with Crippen molar-refractivity contribution in [2.45, 2.75) is 26.2 Å². The molecule has 1 aliphatic rings. The monoisotopic (exact) mass is 265 g/mol. The van der Waals surface area contributed by atoms with Crippen molar-refractivity contribution in [1.82, 2.24) is 4.90 Å². The van der Waals surface area contributed by atoms with Gasteiger partial charge in [-0.1, -0.05) is 29.8 Å². The van der Waals surface area contributed by atoms with Crippen molar-refractivity contribution < 1.29 is 4.79 Å². The number of alkyl halides is 1. The van der Waals surface area contributed by atoms with Gasteiger partial charge >= 0.3 is 0 Å². The largest absolute Gasteiger partial charge is 0.342 e. The summed E-state index contributed by atoms with van der Waals surface area (Å²) in [6.07, 6.45) is 2.65. The number of nitrogens with zero attached hydrogens (tertiary/aromatic N) is 1. The normalized spacial score (nSPS) is 19.2. The van der Waals surface area contributed by atoms with Crippen LogP contribution in [0.4, 0.5) is 0 Å². The smallest absolute Gasteiger partial charge is 0.226 e. The van der Waals surface area contributed by atoms with Gasteiger partial charge in [0.05, 0.1) is 6.42 Å². The lowest BCUT2D eigenvalue weighted by atomic mass is 10.1. The van der Waals surface area contributed by atoms with E-state index < -0.39 is 0 Å². The van der Waals surface area contributed by atoms with Gasteiger partial charge in [-0.15, -0.1) is 11.6 Å². The fourth-order valence-corrected chi connectivity index (χ4v) is 2.75. The number of carbonyl (C=O) groups is 1. The fraction of sp³-hybridized carbons (Fsp3) is 0.533. The maximum absolute atomic E-state index is 12.1. The van der Waals surface area contributed by atoms with Gasteiger partial charge in [0.25, 0.3) is 0 Å². The van der Waals surface area contributed by atoms with Gasteiger partial charge in [0.2, 0.25) is 5.91 Å². The summed E-state index contributed by atoms with van der Waals surface area (Å²) in [5, 5.41) is 0. The predicted octanol–water partition coefficient (Wildman–Crippen LogP) is 3.01. The minimum Gasteiger partial charge on any atom is -0.342 e. The van der Waals surface area contributed by atoms with Crippen LogP contribution in [-0.4, -0.2) is 29.8 Å². The molecule has 1 fully saturated rings. The second-order valence-corrected chi connectivity index (χ2v) is 5.51. The second kappa shape index (κ2) is 6.24. The van der Waals surface area contributed by atoms with Crippen molar-refractivity contribution in [3.8, 4) is 0 Å². The molecule has 0 aromatic heterocycles. The summed E-state index contributed by atoms with van der Waals surface area (Å²) >= 11 is 5.75. The summed E-state index contributed by atoms with van der Waals surface area (Å²) in [4.78, 5) is 14.1. The van der Waals surface area contributed by atoms with Crippen LogP contribution in [0.2, 0.25) is 0 Å². The molecule has 1 heterocycles. The molecule has 1 amide bonds. The van der Waals surface area contributed by atoms with Crippen molar-refractivity contribution in [2.24, 2.45) is 5.92 Å². The highest BCUT2D eigenvalue weighted by Crippen LogP contribution is 2.20. The number of benzene rings is 1. The van der Waals surface area contributed by atoms with Crippen LogP contribution in [0.15, 0.2) is 24.3 Å². The minimum absolute atomic E-state index is 0.246. The van der Waals surface area contributed by atoms with Crippen LogP contribution in [0.5, 0.6) is 0 Å². The van der Waals surface area contributed by atoms with Crippen LogP contribution >= 0.6 is 11.6 Å². The molecule has 1 aromatic carbocycles. The van der Waals surface area contributed by atoms with E-state index in [-0.39, 0.29) is 5.91 Å². The Morgan fingerprint density at radius 1 is 1.39 bits per heavy atom. The van der Waals surface area contributed by atoms with Gasteiger partial charge in [0.1, 0.15) is 0 Å². The highest BCUT2D eigenvalue weighted by atomic mass is 35.5. The summed E-state index contributed by atoms with van der Waals surface area (Å²) in [6.45, 7) is 3.84. The number of carbonyl (C=O) groups excluding carboxylic acids is 1. The van der Waals surface area contributed by atoms with E-state index in [1.165, 1.54) is 5.56 Å². The summed E-state index contributed by atoms with van der Waals surface area (Å²) < 4.78 is 0. The summed E-state index contributed by atoms with van der Waals surface area (Å²) in [5.41, 5.74) is 2.33. The van der Waals surface area contributed by atoms with E-state index >= 15 is 0 Å². The number of halogens is 1. The first kappa shape index (κ1) is 13.4. The molecule has 18 heavy (non-hydrogen) atoms. The first-order chi connectivity index (χ1) is 8.69. The Bertz CT molecular complexity index is 401. The zero-order valence-electron chi connectivity index (χ0n) is 10.9. The van der Waals surface area contributed by atoms with E-state index in [9.17, 15) is 4.79 Å². The Morgan fingerprint density at radius 3 is 2.78 bits per heavy atom. The van der Waals surface area contributed by atoms with Gasteiger partial charge in [-0.2, -0.15) is 0 Å². The summed E-state index contributed by atoms with van der Waals surface area (Å²) in [6, 6.07) is 8.20. The van der Waals surface area contributed by atoms with Gasteiger partial charge in [-0.25, -0.2) is 0 Å². The van der Waals surface area contributed by atoms with Crippen molar-refractivity contribution in [1.29, 1.82) is 0 Å². The van der Waals surface area contributed by atoms with Crippen LogP contribution in [0, 0.1) is 12.8 Å². The molecule has 1 aliphatic heterocycles. The SMILES string of the molecule is Cc1ccc(CC(=O)N2CCC(CCCl)C2)cc1. The third kappa shape index (κ3) is 3.49. The number of hydrogen-bond donors (Lipinski definition) is 0. The van der Waals surface area contributed by atoms with Crippen molar-refractivity contribution in [3.63, 3.8) is 0 Å². The van der Waals surface area contributed by atoms with E-state index in [1.807, 2.05) is 17.0 Å². The number of rotatable bonds is 4. The topological polar surface area (TPSA) is 20.3 Å². The number of likely N-dealkylation sites (tertiary alicyclic amines) is 1. The first-order valence-electron chi connectivity index (χ1n) is 6.58. The summed E-state index contributed by atoms with van der Waals surface area (Å²) in [7, 11) is 0. The first-order valence-corrected chi connectivity index (χ1v) is 7.12. The number of aryl methyl sites for hydroxylation is 1. The molecule has 1 unspecified atom stereocenters. The highest BCUT2D eigenvalue weighted by Gasteiger charge is 2.25. The second-order valence-electron chi connectivity index (χ2n) is 5.13. The molecule has 2 rings (SSSR count). The van der Waals surface area contributed by atoms with Crippen LogP contribution in [0.1, 0.15) is 24.0 Å². The average molecular weight is 266 g/mol. The minimum atomic E-state index is 0.246. The molecule has 0 bridgehead atoms. The quantitative estimate of drug-likeness (QED) is 0.767. The molecule has 98 valence electrons. The molecule has 0 spiro atoms. The van der Waals surface area contributed by atoms with Gasteiger partial charge in [-0.05, 0) is 31.2 Å². The maximum Gasteiger partial charge on any atom is 0.226 e. The lowest BCUT2D eigenvalue weighted by Crippen LogP contribution is -2.30. The fourth-order valence-electron chi connectivity index (χ4n) is 2.44. The molecule has 0 aliphatic carbocycles. The van der Waals surface area contributed by atoms with E-state index in [2.05, 4.69) is 19.1 Å². The van der Waals surface area contributed by atoms with E-state index in [0.29, 0.717) is 18.2 Å². The Morgan fingerprint density at radius 2 is 2.11 bits per heavy atom. The lowest BCUT2D eigenvalue weighted by Gasteiger charge is -2.16. The zero-order chi connectivity index (χ0) is 13.0. The Balaban J connectivity index is 1.87. The van der Waals surface area contributed by atoms with Crippen LogP contribution < -0.4 is 0 Å². The maximum atomic E-state index is 12.1. The standard InChI is InChI=1S/C15H20ClNO/c1-12-2-4-13(5-3-12)10-15(18)17-9-7-14(11-17)6-8-16/h2-5,14H,6-11H2,1H3. The highest BCUT2D eigenvalue weighted by molar-refractivity contribution is 6.17. The lowest BCUT2D eigenvalue weighted by molar-refractivity contribution is -0.129. The third-order valence-corrected chi connectivity index (χ3v) is 3.85.